The molecule has 1 aliphatic rings. The fourth-order valence-electron chi connectivity index (χ4n) is 4.44. The zero-order valence-electron chi connectivity index (χ0n) is 20.9. The highest BCUT2D eigenvalue weighted by Gasteiger charge is 2.37. The SMILES string of the molecule is C[C@H](O)COc1ccc(N2CCN(C[C@](O)(I)c3ccc(C(F)(F)F)nc3)C[C@H]2c2ccc(F)cc2)c(Cl)c1. The van der Waals surface area contributed by atoms with Crippen molar-refractivity contribution >= 4 is 39.9 Å². The molecular weight excluding hydrogens is 653 g/mol. The van der Waals surface area contributed by atoms with Crippen LogP contribution in [0.25, 0.3) is 0 Å². The first-order chi connectivity index (χ1) is 18.3. The number of piperazine rings is 1. The van der Waals surface area contributed by atoms with Gasteiger partial charge in [0.15, 0.2) is 3.61 Å². The summed E-state index contributed by atoms with van der Waals surface area (Å²) in [5.41, 5.74) is 0.807. The number of alkyl halides is 4. The van der Waals surface area contributed by atoms with E-state index in [4.69, 9.17) is 16.3 Å². The zero-order chi connectivity index (χ0) is 28.4. The highest BCUT2D eigenvalue weighted by atomic mass is 127. The molecular formula is C27H27ClF4IN3O3. The fourth-order valence-corrected chi connectivity index (χ4v) is 5.53. The van der Waals surface area contributed by atoms with E-state index in [1.165, 1.54) is 18.2 Å². The van der Waals surface area contributed by atoms with Gasteiger partial charge in [0.05, 0.1) is 22.9 Å². The van der Waals surface area contributed by atoms with Crippen LogP contribution >= 0.6 is 34.2 Å². The number of benzene rings is 2. The third kappa shape index (κ3) is 7.51. The molecule has 0 saturated carbocycles. The van der Waals surface area contributed by atoms with Gasteiger partial charge in [-0.1, -0.05) is 29.8 Å². The number of β-amino-alcohol motifs (C(OH)–C–C–N with tert-alkyl or cyclic N) is 1. The number of hydrogen-bond donors (Lipinski definition) is 2. The van der Waals surface area contributed by atoms with Gasteiger partial charge in [0, 0.05) is 44.0 Å². The van der Waals surface area contributed by atoms with Crippen LogP contribution in [0, 0.1) is 5.82 Å². The summed E-state index contributed by atoms with van der Waals surface area (Å²) in [4.78, 5) is 7.58. The minimum absolute atomic E-state index is 0.125. The molecule has 2 heterocycles. The Morgan fingerprint density at radius 1 is 1.13 bits per heavy atom. The van der Waals surface area contributed by atoms with Crippen molar-refractivity contribution < 1.29 is 32.5 Å². The highest BCUT2D eigenvalue weighted by molar-refractivity contribution is 14.1. The Morgan fingerprint density at radius 2 is 1.85 bits per heavy atom. The molecule has 0 bridgehead atoms. The lowest BCUT2D eigenvalue weighted by Gasteiger charge is -2.44. The van der Waals surface area contributed by atoms with Gasteiger partial charge < -0.3 is 19.8 Å². The van der Waals surface area contributed by atoms with Crippen LogP contribution in [0.3, 0.4) is 0 Å². The van der Waals surface area contributed by atoms with Crippen LogP contribution in [0.5, 0.6) is 5.75 Å². The summed E-state index contributed by atoms with van der Waals surface area (Å²) >= 11 is 8.46. The van der Waals surface area contributed by atoms with E-state index in [0.29, 0.717) is 30.4 Å². The second kappa shape index (κ2) is 12.1. The normalized spacial score (nSPS) is 19.0. The van der Waals surface area contributed by atoms with Gasteiger partial charge in [0.1, 0.15) is 23.9 Å². The second-order valence-electron chi connectivity index (χ2n) is 9.46. The molecule has 0 unspecified atom stereocenters. The Bertz CT molecular complexity index is 1260. The van der Waals surface area contributed by atoms with Gasteiger partial charge in [0.2, 0.25) is 0 Å². The van der Waals surface area contributed by atoms with Crippen molar-refractivity contribution in [3.63, 3.8) is 0 Å². The number of hydrogen-bond acceptors (Lipinski definition) is 6. The Morgan fingerprint density at radius 3 is 2.44 bits per heavy atom. The summed E-state index contributed by atoms with van der Waals surface area (Å²) < 4.78 is 56.6. The van der Waals surface area contributed by atoms with Crippen LogP contribution in [0.1, 0.15) is 29.8 Å². The Labute approximate surface area is 242 Å². The molecule has 0 radical (unpaired) electrons. The summed E-state index contributed by atoms with van der Waals surface area (Å²) in [6.07, 6.45) is -4.15. The van der Waals surface area contributed by atoms with Crippen molar-refractivity contribution in [2.24, 2.45) is 0 Å². The van der Waals surface area contributed by atoms with Gasteiger partial charge in [-0.25, -0.2) is 4.39 Å². The molecule has 1 saturated heterocycles. The first kappa shape index (κ1) is 29.8. The molecule has 6 nitrogen and oxygen atoms in total. The molecule has 39 heavy (non-hydrogen) atoms. The Kier molecular flexibility index (Phi) is 9.26. The lowest BCUT2D eigenvalue weighted by Crippen LogP contribution is -2.51. The third-order valence-corrected chi connectivity index (χ3v) is 7.64. The van der Waals surface area contributed by atoms with Crippen LogP contribution in [-0.2, 0) is 9.78 Å². The molecule has 210 valence electrons. The molecule has 4 rings (SSSR count). The maximum atomic E-state index is 13.7. The molecule has 3 atom stereocenters. The molecule has 0 aliphatic carbocycles. The average Bonchev–Trinajstić information content (AvgIpc) is 2.87. The van der Waals surface area contributed by atoms with Crippen LogP contribution < -0.4 is 9.64 Å². The number of aliphatic hydroxyl groups is 2. The zero-order valence-corrected chi connectivity index (χ0v) is 23.8. The highest BCUT2D eigenvalue weighted by Crippen LogP contribution is 2.39. The summed E-state index contributed by atoms with van der Waals surface area (Å²) in [6.45, 7) is 3.34. The topological polar surface area (TPSA) is 69.1 Å². The Balaban J connectivity index is 1.56. The number of nitrogens with zero attached hydrogens (tertiary/aromatic N) is 3. The average molecular weight is 680 g/mol. The minimum Gasteiger partial charge on any atom is -0.491 e. The molecule has 12 heteroatoms. The molecule has 0 amide bonds. The van der Waals surface area contributed by atoms with E-state index in [1.807, 2.05) is 33.6 Å². The maximum Gasteiger partial charge on any atom is 0.433 e. The van der Waals surface area contributed by atoms with Crippen molar-refractivity contribution in [2.45, 2.75) is 28.9 Å². The minimum atomic E-state index is -4.57. The van der Waals surface area contributed by atoms with Crippen LogP contribution in [0.2, 0.25) is 5.02 Å². The van der Waals surface area contributed by atoms with E-state index in [9.17, 15) is 27.8 Å². The Hall–Kier alpha value is -2.19. The van der Waals surface area contributed by atoms with Crippen molar-refractivity contribution in [2.75, 3.05) is 37.7 Å². The standard InChI is InChI=1S/C27H27ClF4IN3O3/c1-17(37)15-39-21-7-8-23(22(28)12-21)36-11-10-35(14-24(36)18-2-5-20(29)6-3-18)16-26(33,38)19-4-9-25(34-13-19)27(30,31)32/h2-9,12-13,17,24,37-38H,10-11,14-16H2,1H3/t17-,24-,26+/m0/s1. The lowest BCUT2D eigenvalue weighted by atomic mass is 10.00. The van der Waals surface area contributed by atoms with E-state index < -0.39 is 21.6 Å². The summed E-state index contributed by atoms with van der Waals surface area (Å²) in [7, 11) is 0. The summed E-state index contributed by atoms with van der Waals surface area (Å²) in [6, 6.07) is 13.2. The van der Waals surface area contributed by atoms with Gasteiger partial charge in [-0.3, -0.25) is 9.88 Å². The number of rotatable bonds is 8. The van der Waals surface area contributed by atoms with E-state index in [0.717, 1.165) is 23.5 Å². The molecule has 1 aliphatic heterocycles. The largest absolute Gasteiger partial charge is 0.491 e. The molecule has 3 aromatic rings. The number of halogens is 6. The smallest absolute Gasteiger partial charge is 0.433 e. The van der Waals surface area contributed by atoms with Gasteiger partial charge in [-0.15, -0.1) is 0 Å². The van der Waals surface area contributed by atoms with E-state index in [1.54, 1.807) is 31.2 Å². The van der Waals surface area contributed by atoms with Gasteiger partial charge in [0.25, 0.3) is 0 Å². The van der Waals surface area contributed by atoms with Crippen molar-refractivity contribution in [3.05, 3.63) is 88.5 Å². The predicted octanol–water partition coefficient (Wildman–Crippen LogP) is 5.80. The molecule has 1 fully saturated rings. The number of anilines is 1. The fraction of sp³-hybridized carbons (Fsp3) is 0.370. The van der Waals surface area contributed by atoms with E-state index in [2.05, 4.69) is 9.88 Å². The van der Waals surface area contributed by atoms with E-state index >= 15 is 0 Å². The number of pyridine rings is 1. The van der Waals surface area contributed by atoms with Gasteiger partial charge in [-0.2, -0.15) is 13.2 Å². The van der Waals surface area contributed by atoms with Gasteiger partial charge >= 0.3 is 6.18 Å². The van der Waals surface area contributed by atoms with Crippen molar-refractivity contribution in [1.29, 1.82) is 0 Å². The molecule has 1 aromatic heterocycles. The van der Waals surface area contributed by atoms with Crippen molar-refractivity contribution in [3.8, 4) is 5.75 Å². The quantitative estimate of drug-likeness (QED) is 0.179. The predicted molar refractivity (Wildman–Crippen MR) is 149 cm³/mol. The van der Waals surface area contributed by atoms with Crippen LogP contribution in [0.15, 0.2) is 60.8 Å². The second-order valence-corrected chi connectivity index (χ2v) is 11.7. The molecule has 0 spiro atoms. The van der Waals surface area contributed by atoms with Crippen molar-refractivity contribution in [1.82, 2.24) is 9.88 Å². The van der Waals surface area contributed by atoms with E-state index in [-0.39, 0.29) is 30.6 Å². The monoisotopic (exact) mass is 679 g/mol. The first-order valence-corrected chi connectivity index (χ1v) is 13.6. The third-order valence-electron chi connectivity index (χ3n) is 6.37. The first-order valence-electron chi connectivity index (χ1n) is 12.1. The molecule has 2 N–H and O–H groups in total. The molecule has 2 aromatic carbocycles. The number of aromatic nitrogens is 1. The van der Waals surface area contributed by atoms with Crippen LogP contribution in [0.4, 0.5) is 23.2 Å². The number of aliphatic hydroxyl groups excluding tert-OH is 1. The summed E-state index contributed by atoms with van der Waals surface area (Å²) in [5, 5.41) is 21.1. The van der Waals surface area contributed by atoms with Crippen LogP contribution in [-0.4, -0.2) is 59.0 Å². The maximum absolute atomic E-state index is 13.7. The van der Waals surface area contributed by atoms with Gasteiger partial charge in [-0.05, 0) is 65.4 Å². The lowest BCUT2D eigenvalue weighted by molar-refractivity contribution is -0.141. The summed E-state index contributed by atoms with van der Waals surface area (Å²) in [5.74, 6) is 0.147. The number of ether oxygens (including phenoxy) is 1.